The van der Waals surface area contributed by atoms with Gasteiger partial charge in [0.2, 0.25) is 0 Å². The van der Waals surface area contributed by atoms with Crippen LogP contribution in [0.25, 0.3) is 10.2 Å². The molecule has 0 fully saturated rings. The molecule has 0 saturated heterocycles. The Morgan fingerprint density at radius 3 is 2.79 bits per heavy atom. The third kappa shape index (κ3) is 4.15. The molecule has 4 rings (SSSR count). The first-order valence-electron chi connectivity index (χ1n) is 9.94. The molecule has 3 aromatic rings. The van der Waals surface area contributed by atoms with Crippen molar-refractivity contribution in [3.05, 3.63) is 62.5 Å². The molecule has 2 aromatic heterocycles. The van der Waals surface area contributed by atoms with E-state index in [0.717, 1.165) is 41.6 Å². The third-order valence-electron chi connectivity index (χ3n) is 5.26. The van der Waals surface area contributed by atoms with Gasteiger partial charge in [-0.2, -0.15) is 5.10 Å². The van der Waals surface area contributed by atoms with E-state index in [1.807, 2.05) is 12.1 Å². The lowest BCUT2D eigenvalue weighted by molar-refractivity contribution is -0.121. The summed E-state index contributed by atoms with van der Waals surface area (Å²) in [7, 11) is 0. The van der Waals surface area contributed by atoms with Crippen LogP contribution in [0, 0.1) is 0 Å². The maximum atomic E-state index is 12.9. The van der Waals surface area contributed by atoms with Gasteiger partial charge in [0.05, 0.1) is 17.9 Å². The van der Waals surface area contributed by atoms with Crippen molar-refractivity contribution in [3.63, 3.8) is 0 Å². The van der Waals surface area contributed by atoms with Crippen molar-refractivity contribution in [1.82, 2.24) is 15.0 Å². The van der Waals surface area contributed by atoms with Crippen LogP contribution in [0.1, 0.15) is 54.2 Å². The number of aryl methyl sites for hydroxylation is 2. The summed E-state index contributed by atoms with van der Waals surface area (Å²) in [6.07, 6.45) is 7.25. The first-order chi connectivity index (χ1) is 14.0. The van der Waals surface area contributed by atoms with Gasteiger partial charge < -0.3 is 0 Å². The van der Waals surface area contributed by atoms with Crippen molar-refractivity contribution in [2.75, 3.05) is 0 Å². The monoisotopic (exact) mass is 408 g/mol. The van der Waals surface area contributed by atoms with Gasteiger partial charge in [-0.15, -0.1) is 11.3 Å². The number of hydrogen-bond acceptors (Lipinski definition) is 5. The maximum Gasteiger partial charge on any atom is 0.262 e. The van der Waals surface area contributed by atoms with Crippen LogP contribution in [-0.4, -0.2) is 21.7 Å². The molecule has 0 atom stereocenters. The van der Waals surface area contributed by atoms with E-state index in [2.05, 4.69) is 41.5 Å². The van der Waals surface area contributed by atoms with E-state index in [9.17, 15) is 9.59 Å². The van der Waals surface area contributed by atoms with Gasteiger partial charge in [0.15, 0.2) is 0 Å². The average molecular weight is 409 g/mol. The molecule has 0 spiro atoms. The Labute approximate surface area is 173 Å². The molecule has 29 heavy (non-hydrogen) atoms. The van der Waals surface area contributed by atoms with Gasteiger partial charge >= 0.3 is 0 Å². The zero-order chi connectivity index (χ0) is 20.4. The predicted molar refractivity (Wildman–Crippen MR) is 117 cm³/mol. The van der Waals surface area contributed by atoms with Crippen LogP contribution in [0.2, 0.25) is 0 Å². The number of rotatable bonds is 5. The van der Waals surface area contributed by atoms with Crippen molar-refractivity contribution in [3.8, 4) is 0 Å². The van der Waals surface area contributed by atoms with E-state index in [-0.39, 0.29) is 18.0 Å². The number of nitrogens with zero attached hydrogens (tertiary/aromatic N) is 3. The minimum absolute atomic E-state index is 0.101. The molecule has 0 radical (unpaired) electrons. The van der Waals surface area contributed by atoms with Crippen LogP contribution in [-0.2, 0) is 24.2 Å². The van der Waals surface area contributed by atoms with Gasteiger partial charge in [-0.1, -0.05) is 38.1 Å². The fourth-order valence-corrected chi connectivity index (χ4v) is 4.85. The number of carbonyl (C=O) groups excluding carboxylic acids is 1. The van der Waals surface area contributed by atoms with E-state index < -0.39 is 0 Å². The second-order valence-corrected chi connectivity index (χ2v) is 8.77. The van der Waals surface area contributed by atoms with Crippen LogP contribution in [0.3, 0.4) is 0 Å². The Hall–Kier alpha value is -2.80. The topological polar surface area (TPSA) is 76.3 Å². The zero-order valence-corrected chi connectivity index (χ0v) is 17.5. The van der Waals surface area contributed by atoms with Crippen molar-refractivity contribution in [1.29, 1.82) is 0 Å². The van der Waals surface area contributed by atoms with Crippen LogP contribution in [0.5, 0.6) is 0 Å². The highest BCUT2D eigenvalue weighted by Crippen LogP contribution is 2.33. The number of hydrogen-bond donors (Lipinski definition) is 1. The second kappa shape index (κ2) is 8.29. The number of thiophene rings is 1. The molecule has 1 amide bonds. The zero-order valence-electron chi connectivity index (χ0n) is 16.6. The molecule has 1 aliphatic carbocycles. The first kappa shape index (κ1) is 19.5. The largest absolute Gasteiger partial charge is 0.289 e. The van der Waals surface area contributed by atoms with E-state index in [4.69, 9.17) is 0 Å². The highest BCUT2D eigenvalue weighted by Gasteiger charge is 2.20. The Kier molecular flexibility index (Phi) is 5.58. The summed E-state index contributed by atoms with van der Waals surface area (Å²) in [5.74, 6) is 0.117. The van der Waals surface area contributed by atoms with Crippen molar-refractivity contribution in [2.45, 2.75) is 52.0 Å². The van der Waals surface area contributed by atoms with Gasteiger partial charge in [0, 0.05) is 4.88 Å². The SMILES string of the molecule is CC(C)c1ccc(/C=N/NC(=O)Cn2cnc3sc4c(c3c2=O)CCCC4)cc1. The van der Waals surface area contributed by atoms with Gasteiger partial charge in [-0.3, -0.25) is 14.2 Å². The lowest BCUT2D eigenvalue weighted by atomic mass is 9.97. The Balaban J connectivity index is 1.45. The Morgan fingerprint density at radius 1 is 1.28 bits per heavy atom. The second-order valence-electron chi connectivity index (χ2n) is 7.68. The molecule has 2 heterocycles. The molecule has 0 aliphatic heterocycles. The van der Waals surface area contributed by atoms with Gasteiger partial charge in [-0.05, 0) is 48.3 Å². The van der Waals surface area contributed by atoms with E-state index >= 15 is 0 Å². The highest BCUT2D eigenvalue weighted by atomic mass is 32.1. The minimum atomic E-state index is -0.354. The summed E-state index contributed by atoms with van der Waals surface area (Å²) < 4.78 is 1.37. The van der Waals surface area contributed by atoms with Gasteiger partial charge in [0.25, 0.3) is 11.5 Å². The lowest BCUT2D eigenvalue weighted by Gasteiger charge is -2.10. The van der Waals surface area contributed by atoms with Crippen molar-refractivity contribution < 1.29 is 4.79 Å². The molecule has 6 nitrogen and oxygen atoms in total. The van der Waals surface area contributed by atoms with Crippen LogP contribution >= 0.6 is 11.3 Å². The molecule has 1 N–H and O–H groups in total. The summed E-state index contributed by atoms with van der Waals surface area (Å²) in [5.41, 5.74) is 5.64. The standard InChI is InChI=1S/C22H24N4O2S/c1-14(2)16-9-7-15(8-10-16)11-24-25-19(27)12-26-13-23-21-20(22(26)28)17-5-3-4-6-18(17)29-21/h7-11,13-14H,3-6,12H2,1-2H3,(H,25,27)/b24-11+. The van der Waals surface area contributed by atoms with E-state index in [1.54, 1.807) is 17.6 Å². The third-order valence-corrected chi connectivity index (χ3v) is 6.46. The number of nitrogens with one attached hydrogen (secondary N) is 1. The van der Waals surface area contributed by atoms with Crippen LogP contribution < -0.4 is 11.0 Å². The Bertz CT molecular complexity index is 1130. The smallest absolute Gasteiger partial charge is 0.262 e. The molecule has 0 unspecified atom stereocenters. The maximum absolute atomic E-state index is 12.9. The summed E-state index contributed by atoms with van der Waals surface area (Å²) in [5, 5.41) is 4.69. The highest BCUT2D eigenvalue weighted by molar-refractivity contribution is 7.18. The molecular formula is C22H24N4O2S. The summed E-state index contributed by atoms with van der Waals surface area (Å²) in [6.45, 7) is 4.18. The fraction of sp³-hybridized carbons (Fsp3) is 0.364. The number of amides is 1. The molecular weight excluding hydrogens is 384 g/mol. The summed E-state index contributed by atoms with van der Waals surface area (Å²) >= 11 is 1.61. The molecule has 0 saturated carbocycles. The first-order valence-corrected chi connectivity index (χ1v) is 10.8. The summed E-state index contributed by atoms with van der Waals surface area (Å²) in [6, 6.07) is 8.03. The van der Waals surface area contributed by atoms with Crippen molar-refractivity contribution >= 4 is 33.7 Å². The molecule has 7 heteroatoms. The number of fused-ring (bicyclic) bond motifs is 3. The fourth-order valence-electron chi connectivity index (χ4n) is 3.63. The molecule has 150 valence electrons. The van der Waals surface area contributed by atoms with E-state index in [1.165, 1.54) is 21.3 Å². The van der Waals surface area contributed by atoms with Crippen LogP contribution in [0.15, 0.2) is 40.5 Å². The number of benzene rings is 1. The predicted octanol–water partition coefficient (Wildman–Crippen LogP) is 3.61. The number of hydrazone groups is 1. The number of aromatic nitrogens is 2. The normalized spacial score (nSPS) is 13.9. The van der Waals surface area contributed by atoms with Crippen LogP contribution in [0.4, 0.5) is 0 Å². The van der Waals surface area contributed by atoms with E-state index in [0.29, 0.717) is 11.3 Å². The van der Waals surface area contributed by atoms with Crippen molar-refractivity contribution in [2.24, 2.45) is 5.10 Å². The summed E-state index contributed by atoms with van der Waals surface area (Å²) in [4.78, 5) is 31.6. The van der Waals surface area contributed by atoms with Gasteiger partial charge in [0.1, 0.15) is 11.4 Å². The quantitative estimate of drug-likeness (QED) is 0.518. The lowest BCUT2D eigenvalue weighted by Crippen LogP contribution is -2.30. The number of carbonyl (C=O) groups is 1. The average Bonchev–Trinajstić information content (AvgIpc) is 3.10. The minimum Gasteiger partial charge on any atom is -0.289 e. The molecule has 1 aliphatic rings. The van der Waals surface area contributed by atoms with Gasteiger partial charge in [-0.25, -0.2) is 10.4 Å². The molecule has 0 bridgehead atoms. The Morgan fingerprint density at radius 2 is 2.03 bits per heavy atom. The molecule has 1 aromatic carbocycles.